The van der Waals surface area contributed by atoms with Crippen LogP contribution in [-0.4, -0.2) is 10.1 Å². The Bertz CT molecular complexity index is 738. The smallest absolute Gasteiger partial charge is 0.115 e. The average molecular weight is 281 g/mol. The molecule has 3 heteroatoms. The molecule has 0 saturated carbocycles. The summed E-state index contributed by atoms with van der Waals surface area (Å²) in [6.45, 7) is 2.03. The summed E-state index contributed by atoms with van der Waals surface area (Å²) in [6.07, 6.45) is 0. The quantitative estimate of drug-likeness (QED) is 0.715. The molecule has 0 bridgehead atoms. The fraction of sp³-hybridized carbons (Fsp3) is 0.118. The standard InChI is InChI=1S/C17H15NOS/c1-12-10-13(16-4-2-3-5-17(16)18-12)11-20-15-8-6-14(19)7-9-15/h2-10,19H,11H2,1H3. The maximum absolute atomic E-state index is 9.30. The number of phenolic OH excluding ortho intramolecular Hbond substituents is 1. The van der Waals surface area contributed by atoms with Crippen LogP contribution in [0.1, 0.15) is 11.3 Å². The molecule has 0 aliphatic carbocycles. The summed E-state index contributed by atoms with van der Waals surface area (Å²) in [5, 5.41) is 10.5. The van der Waals surface area contributed by atoms with Crippen molar-refractivity contribution >= 4 is 22.7 Å². The maximum Gasteiger partial charge on any atom is 0.115 e. The summed E-state index contributed by atoms with van der Waals surface area (Å²) < 4.78 is 0. The van der Waals surface area contributed by atoms with Crippen molar-refractivity contribution in [1.82, 2.24) is 4.98 Å². The van der Waals surface area contributed by atoms with E-state index in [9.17, 15) is 5.11 Å². The van der Waals surface area contributed by atoms with E-state index >= 15 is 0 Å². The summed E-state index contributed by atoms with van der Waals surface area (Å²) in [7, 11) is 0. The lowest BCUT2D eigenvalue weighted by Gasteiger charge is -2.08. The van der Waals surface area contributed by atoms with E-state index in [1.165, 1.54) is 10.9 Å². The van der Waals surface area contributed by atoms with Crippen LogP contribution >= 0.6 is 11.8 Å². The van der Waals surface area contributed by atoms with Gasteiger partial charge in [0.2, 0.25) is 0 Å². The largest absolute Gasteiger partial charge is 0.508 e. The first-order chi connectivity index (χ1) is 9.72. The Morgan fingerprint density at radius 1 is 1.05 bits per heavy atom. The molecular weight excluding hydrogens is 266 g/mol. The first-order valence-corrected chi connectivity index (χ1v) is 7.48. The number of hydrogen-bond donors (Lipinski definition) is 1. The van der Waals surface area contributed by atoms with E-state index in [0.717, 1.165) is 21.9 Å². The molecule has 2 aromatic carbocycles. The molecule has 100 valence electrons. The highest BCUT2D eigenvalue weighted by Crippen LogP contribution is 2.28. The number of phenols is 1. The second-order valence-electron chi connectivity index (χ2n) is 4.72. The van der Waals surface area contributed by atoms with Gasteiger partial charge < -0.3 is 5.11 Å². The topological polar surface area (TPSA) is 33.1 Å². The van der Waals surface area contributed by atoms with Gasteiger partial charge in [0.1, 0.15) is 5.75 Å². The van der Waals surface area contributed by atoms with Gasteiger partial charge in [0, 0.05) is 21.7 Å². The zero-order valence-corrected chi connectivity index (χ0v) is 12.0. The van der Waals surface area contributed by atoms with Crippen LogP contribution in [0.2, 0.25) is 0 Å². The van der Waals surface area contributed by atoms with Gasteiger partial charge in [-0.05, 0) is 48.9 Å². The molecule has 0 radical (unpaired) electrons. The number of aromatic nitrogens is 1. The fourth-order valence-electron chi connectivity index (χ4n) is 2.22. The van der Waals surface area contributed by atoms with Gasteiger partial charge in [-0.15, -0.1) is 11.8 Å². The monoisotopic (exact) mass is 281 g/mol. The Kier molecular flexibility index (Phi) is 3.61. The third kappa shape index (κ3) is 2.78. The minimum atomic E-state index is 0.305. The summed E-state index contributed by atoms with van der Waals surface area (Å²) >= 11 is 1.77. The minimum absolute atomic E-state index is 0.305. The predicted molar refractivity (Wildman–Crippen MR) is 84.1 cm³/mol. The maximum atomic E-state index is 9.30. The molecule has 2 nitrogen and oxygen atoms in total. The number of aromatic hydroxyl groups is 1. The van der Waals surface area contributed by atoms with Gasteiger partial charge in [-0.25, -0.2) is 0 Å². The van der Waals surface area contributed by atoms with Crippen LogP contribution in [0, 0.1) is 6.92 Å². The first-order valence-electron chi connectivity index (χ1n) is 6.49. The van der Waals surface area contributed by atoms with Crippen molar-refractivity contribution in [2.45, 2.75) is 17.6 Å². The molecule has 0 saturated heterocycles. The number of aryl methyl sites for hydroxylation is 1. The molecular formula is C17H15NOS. The summed E-state index contributed by atoms with van der Waals surface area (Å²) in [5.41, 5.74) is 3.39. The molecule has 0 unspecified atom stereocenters. The fourth-order valence-corrected chi connectivity index (χ4v) is 3.11. The van der Waals surface area contributed by atoms with Crippen LogP contribution in [-0.2, 0) is 5.75 Å². The summed E-state index contributed by atoms with van der Waals surface area (Å²) in [6, 6.07) is 17.7. The van der Waals surface area contributed by atoms with Gasteiger partial charge in [-0.3, -0.25) is 4.98 Å². The van der Waals surface area contributed by atoms with E-state index in [0.29, 0.717) is 5.75 Å². The van der Waals surface area contributed by atoms with E-state index in [2.05, 4.69) is 23.2 Å². The van der Waals surface area contributed by atoms with Gasteiger partial charge in [-0.2, -0.15) is 0 Å². The highest BCUT2D eigenvalue weighted by atomic mass is 32.2. The zero-order valence-electron chi connectivity index (χ0n) is 11.2. The van der Waals surface area contributed by atoms with Crippen molar-refractivity contribution in [3.63, 3.8) is 0 Å². The Morgan fingerprint density at radius 2 is 1.80 bits per heavy atom. The normalized spacial score (nSPS) is 10.8. The van der Waals surface area contributed by atoms with Crippen LogP contribution in [0.3, 0.4) is 0 Å². The third-order valence-electron chi connectivity index (χ3n) is 3.16. The van der Waals surface area contributed by atoms with Gasteiger partial charge in [0.15, 0.2) is 0 Å². The number of fused-ring (bicyclic) bond motifs is 1. The van der Waals surface area contributed by atoms with Crippen molar-refractivity contribution in [2.75, 3.05) is 0 Å². The lowest BCUT2D eigenvalue weighted by Crippen LogP contribution is -1.90. The highest BCUT2D eigenvalue weighted by Gasteiger charge is 2.04. The molecule has 1 heterocycles. The number of benzene rings is 2. The molecule has 1 aromatic heterocycles. The molecule has 0 fully saturated rings. The Balaban J connectivity index is 1.88. The minimum Gasteiger partial charge on any atom is -0.508 e. The SMILES string of the molecule is Cc1cc(CSc2ccc(O)cc2)c2ccccc2n1. The molecule has 0 amide bonds. The molecule has 0 atom stereocenters. The lowest BCUT2D eigenvalue weighted by atomic mass is 10.1. The molecule has 3 aromatic rings. The molecule has 3 rings (SSSR count). The van der Waals surface area contributed by atoms with Crippen molar-refractivity contribution in [3.05, 3.63) is 65.9 Å². The molecule has 0 aliphatic heterocycles. The summed E-state index contributed by atoms with van der Waals surface area (Å²) in [5.74, 6) is 1.20. The van der Waals surface area contributed by atoms with Gasteiger partial charge >= 0.3 is 0 Å². The van der Waals surface area contributed by atoms with Crippen LogP contribution < -0.4 is 0 Å². The number of para-hydroxylation sites is 1. The first kappa shape index (κ1) is 13.0. The zero-order chi connectivity index (χ0) is 13.9. The van der Waals surface area contributed by atoms with E-state index < -0.39 is 0 Å². The molecule has 0 spiro atoms. The van der Waals surface area contributed by atoms with Gasteiger partial charge in [-0.1, -0.05) is 18.2 Å². The number of rotatable bonds is 3. The Hall–Kier alpha value is -2.00. The van der Waals surface area contributed by atoms with E-state index in [4.69, 9.17) is 0 Å². The van der Waals surface area contributed by atoms with E-state index in [1.54, 1.807) is 23.9 Å². The van der Waals surface area contributed by atoms with Crippen LogP contribution in [0.25, 0.3) is 10.9 Å². The Morgan fingerprint density at radius 3 is 2.60 bits per heavy atom. The third-order valence-corrected chi connectivity index (χ3v) is 4.22. The average Bonchev–Trinajstić information content (AvgIpc) is 2.46. The van der Waals surface area contributed by atoms with Crippen molar-refractivity contribution in [2.24, 2.45) is 0 Å². The van der Waals surface area contributed by atoms with E-state index in [-0.39, 0.29) is 0 Å². The van der Waals surface area contributed by atoms with Gasteiger partial charge in [0.25, 0.3) is 0 Å². The lowest BCUT2D eigenvalue weighted by molar-refractivity contribution is 0.475. The highest BCUT2D eigenvalue weighted by molar-refractivity contribution is 7.98. The van der Waals surface area contributed by atoms with E-state index in [1.807, 2.05) is 31.2 Å². The van der Waals surface area contributed by atoms with Crippen molar-refractivity contribution in [1.29, 1.82) is 0 Å². The second kappa shape index (κ2) is 5.55. The molecule has 0 aliphatic rings. The predicted octanol–water partition coefficient (Wildman–Crippen LogP) is 4.54. The second-order valence-corrected chi connectivity index (χ2v) is 5.77. The molecule has 1 N–H and O–H groups in total. The van der Waals surface area contributed by atoms with Crippen LogP contribution in [0.15, 0.2) is 59.5 Å². The van der Waals surface area contributed by atoms with Crippen molar-refractivity contribution < 1.29 is 5.11 Å². The van der Waals surface area contributed by atoms with Crippen molar-refractivity contribution in [3.8, 4) is 5.75 Å². The molecule has 20 heavy (non-hydrogen) atoms. The van der Waals surface area contributed by atoms with Gasteiger partial charge in [0.05, 0.1) is 5.52 Å². The Labute approximate surface area is 122 Å². The number of pyridine rings is 1. The number of nitrogens with zero attached hydrogens (tertiary/aromatic N) is 1. The summed E-state index contributed by atoms with van der Waals surface area (Å²) in [4.78, 5) is 5.71. The van der Waals surface area contributed by atoms with Crippen LogP contribution in [0.4, 0.5) is 0 Å². The number of thioether (sulfide) groups is 1. The number of hydrogen-bond acceptors (Lipinski definition) is 3. The van der Waals surface area contributed by atoms with Crippen LogP contribution in [0.5, 0.6) is 5.75 Å².